The maximum atomic E-state index is 12.3. The third-order valence-corrected chi connectivity index (χ3v) is 3.72. The topological polar surface area (TPSA) is 51.2 Å². The predicted molar refractivity (Wildman–Crippen MR) is 81.3 cm³/mol. The molecule has 22 heavy (non-hydrogen) atoms. The Hall–Kier alpha value is -2.15. The molecule has 1 aromatic carbocycles. The van der Waals surface area contributed by atoms with Gasteiger partial charge in [0.1, 0.15) is 5.75 Å². The number of rotatable bonds is 6. The van der Waals surface area contributed by atoms with Crippen LogP contribution in [0.3, 0.4) is 0 Å². The van der Waals surface area contributed by atoms with E-state index in [4.69, 9.17) is 0 Å². The Labute approximate surface area is 130 Å². The Morgan fingerprint density at radius 2 is 1.95 bits per heavy atom. The lowest BCUT2D eigenvalue weighted by molar-refractivity contribution is -0.115. The zero-order valence-corrected chi connectivity index (χ0v) is 12.5. The summed E-state index contributed by atoms with van der Waals surface area (Å²) in [5, 5.41) is 2.86. The number of nitrogens with zero attached hydrogens (tertiary/aromatic N) is 1. The molecule has 1 atom stereocenters. The van der Waals surface area contributed by atoms with Crippen molar-refractivity contribution in [3.8, 4) is 5.75 Å². The molecule has 7 heteroatoms. The average Bonchev–Trinajstić information content (AvgIpc) is 2.49. The summed E-state index contributed by atoms with van der Waals surface area (Å²) in [5.41, 5.74) is 0.210. The van der Waals surface area contributed by atoms with E-state index < -0.39 is 11.9 Å². The lowest BCUT2D eigenvalue weighted by Gasteiger charge is -2.14. The van der Waals surface area contributed by atoms with Crippen molar-refractivity contribution in [2.75, 3.05) is 5.32 Å². The first kappa shape index (κ1) is 16.2. The van der Waals surface area contributed by atoms with Crippen molar-refractivity contribution in [1.29, 1.82) is 0 Å². The van der Waals surface area contributed by atoms with Gasteiger partial charge in [0.05, 0.1) is 16.0 Å². The average molecular weight is 324 g/mol. The van der Waals surface area contributed by atoms with Gasteiger partial charge in [-0.25, -0.2) is 4.98 Å². The van der Waals surface area contributed by atoms with Crippen LogP contribution in [-0.2, 0) is 4.79 Å². The van der Waals surface area contributed by atoms with Crippen LogP contribution in [-0.4, -0.2) is 22.8 Å². The molecule has 116 valence electrons. The van der Waals surface area contributed by atoms with Crippen LogP contribution in [0.2, 0.25) is 0 Å². The van der Waals surface area contributed by atoms with E-state index in [9.17, 15) is 13.6 Å². The van der Waals surface area contributed by atoms with Crippen LogP contribution in [0.1, 0.15) is 6.92 Å². The summed E-state index contributed by atoms with van der Waals surface area (Å²) in [6.45, 7) is -1.23. The van der Waals surface area contributed by atoms with Crippen molar-refractivity contribution in [3.63, 3.8) is 0 Å². The fraction of sp³-hybridized carbons (Fsp3) is 0.200. The van der Waals surface area contributed by atoms with Crippen LogP contribution >= 0.6 is 11.8 Å². The van der Waals surface area contributed by atoms with Crippen molar-refractivity contribution < 1.29 is 18.3 Å². The number of thioether (sulfide) groups is 1. The van der Waals surface area contributed by atoms with E-state index in [1.807, 2.05) is 6.07 Å². The largest absolute Gasteiger partial charge is 0.433 e. The molecule has 1 heterocycles. The molecular formula is C15H14F2N2O2S. The smallest absolute Gasteiger partial charge is 0.387 e. The molecule has 1 amide bonds. The molecule has 2 aromatic rings. The number of nitrogens with one attached hydrogen (secondary N) is 1. The molecule has 0 saturated heterocycles. The van der Waals surface area contributed by atoms with Crippen LogP contribution < -0.4 is 10.1 Å². The van der Waals surface area contributed by atoms with Gasteiger partial charge in [-0.3, -0.25) is 4.79 Å². The Kier molecular flexibility index (Phi) is 5.71. The molecular weight excluding hydrogens is 310 g/mol. The van der Waals surface area contributed by atoms with Crippen LogP contribution in [0.25, 0.3) is 0 Å². The maximum absolute atomic E-state index is 12.3. The molecule has 0 aliphatic rings. The van der Waals surface area contributed by atoms with Crippen molar-refractivity contribution in [2.45, 2.75) is 23.8 Å². The van der Waals surface area contributed by atoms with Gasteiger partial charge in [0, 0.05) is 6.20 Å². The molecule has 0 saturated carbocycles. The lowest BCUT2D eigenvalue weighted by atomic mass is 10.3. The fourth-order valence-electron chi connectivity index (χ4n) is 1.65. The zero-order chi connectivity index (χ0) is 15.9. The number of benzene rings is 1. The lowest BCUT2D eigenvalue weighted by Crippen LogP contribution is -2.23. The van der Waals surface area contributed by atoms with Gasteiger partial charge in [0.2, 0.25) is 5.91 Å². The number of alkyl halides is 2. The summed E-state index contributed by atoms with van der Waals surface area (Å²) >= 11 is 1.28. The number of carbonyl (C=O) groups is 1. The third-order valence-electron chi connectivity index (χ3n) is 2.67. The van der Waals surface area contributed by atoms with Crippen molar-refractivity contribution in [2.24, 2.45) is 0 Å². The molecule has 0 fully saturated rings. The van der Waals surface area contributed by atoms with Crippen molar-refractivity contribution >= 4 is 23.4 Å². The number of pyridine rings is 1. The minimum Gasteiger partial charge on any atom is -0.433 e. The molecule has 0 bridgehead atoms. The van der Waals surface area contributed by atoms with Crippen molar-refractivity contribution in [1.82, 2.24) is 4.98 Å². The summed E-state index contributed by atoms with van der Waals surface area (Å²) in [4.78, 5) is 16.3. The molecule has 2 rings (SSSR count). The van der Waals surface area contributed by atoms with Gasteiger partial charge in [-0.15, -0.1) is 0 Å². The van der Waals surface area contributed by atoms with Gasteiger partial charge in [-0.05, 0) is 31.2 Å². The van der Waals surface area contributed by atoms with E-state index in [1.54, 1.807) is 37.4 Å². The van der Waals surface area contributed by atoms with E-state index in [0.29, 0.717) is 5.03 Å². The van der Waals surface area contributed by atoms with Gasteiger partial charge in [-0.1, -0.05) is 30.0 Å². The minimum atomic E-state index is -2.95. The maximum Gasteiger partial charge on any atom is 0.387 e. The highest BCUT2D eigenvalue weighted by Crippen LogP contribution is 2.27. The van der Waals surface area contributed by atoms with Gasteiger partial charge >= 0.3 is 6.61 Å². The van der Waals surface area contributed by atoms with Gasteiger partial charge in [0.25, 0.3) is 0 Å². The fourth-order valence-corrected chi connectivity index (χ4v) is 2.46. The summed E-state index contributed by atoms with van der Waals surface area (Å²) in [6, 6.07) is 11.5. The molecule has 0 radical (unpaired) electrons. The highest BCUT2D eigenvalue weighted by atomic mass is 32.2. The molecule has 4 nitrogen and oxygen atoms in total. The van der Waals surface area contributed by atoms with Crippen LogP contribution in [0.5, 0.6) is 5.75 Å². The number of hydrogen-bond donors (Lipinski definition) is 1. The third kappa shape index (κ3) is 4.70. The first-order chi connectivity index (χ1) is 10.6. The highest BCUT2D eigenvalue weighted by Gasteiger charge is 2.17. The number of carbonyl (C=O) groups excluding carboxylic acids is 1. The molecule has 1 N–H and O–H groups in total. The number of para-hydroxylation sites is 2. The summed E-state index contributed by atoms with van der Waals surface area (Å²) in [7, 11) is 0. The SMILES string of the molecule is CC(Sc1ccccn1)C(=O)Nc1ccccc1OC(F)F. The standard InChI is InChI=1S/C15H14F2N2O2S/c1-10(22-13-8-4-5-9-18-13)14(20)19-11-6-2-3-7-12(11)21-15(16)17/h2-10,15H,1H3,(H,19,20). The molecule has 1 aromatic heterocycles. The number of hydrogen-bond acceptors (Lipinski definition) is 4. The Morgan fingerprint density at radius 3 is 2.64 bits per heavy atom. The molecule has 0 aliphatic carbocycles. The Morgan fingerprint density at radius 1 is 1.23 bits per heavy atom. The van der Waals surface area contributed by atoms with Crippen LogP contribution in [0.15, 0.2) is 53.7 Å². The van der Waals surface area contributed by atoms with Crippen LogP contribution in [0.4, 0.5) is 14.5 Å². The number of halogens is 2. The van der Waals surface area contributed by atoms with E-state index >= 15 is 0 Å². The van der Waals surface area contributed by atoms with Gasteiger partial charge in [0.15, 0.2) is 0 Å². The zero-order valence-electron chi connectivity index (χ0n) is 11.7. The first-order valence-electron chi connectivity index (χ1n) is 6.48. The molecule has 0 spiro atoms. The summed E-state index contributed by atoms with van der Waals surface area (Å²) < 4.78 is 29.1. The quantitative estimate of drug-likeness (QED) is 0.821. The van der Waals surface area contributed by atoms with Gasteiger partial charge in [-0.2, -0.15) is 8.78 Å². The monoisotopic (exact) mass is 324 g/mol. The first-order valence-corrected chi connectivity index (χ1v) is 7.36. The van der Waals surface area contributed by atoms with E-state index in [1.165, 1.54) is 23.9 Å². The van der Waals surface area contributed by atoms with Crippen LogP contribution in [0, 0.1) is 0 Å². The minimum absolute atomic E-state index is 0.0686. The van der Waals surface area contributed by atoms with E-state index in [-0.39, 0.29) is 17.3 Å². The summed E-state index contributed by atoms with van der Waals surface area (Å²) in [6.07, 6.45) is 1.64. The second kappa shape index (κ2) is 7.74. The normalized spacial score (nSPS) is 12.0. The van der Waals surface area contributed by atoms with E-state index in [2.05, 4.69) is 15.0 Å². The van der Waals surface area contributed by atoms with Crippen molar-refractivity contribution in [3.05, 3.63) is 48.7 Å². The Balaban J connectivity index is 2.02. The van der Waals surface area contributed by atoms with Gasteiger partial charge < -0.3 is 10.1 Å². The highest BCUT2D eigenvalue weighted by molar-refractivity contribution is 8.00. The summed E-state index contributed by atoms with van der Waals surface area (Å²) in [5.74, 6) is -0.387. The second-order valence-electron chi connectivity index (χ2n) is 4.29. The number of ether oxygens (including phenoxy) is 1. The number of aromatic nitrogens is 1. The number of anilines is 1. The second-order valence-corrected chi connectivity index (χ2v) is 5.65. The van der Waals surface area contributed by atoms with E-state index in [0.717, 1.165) is 0 Å². The predicted octanol–water partition coefficient (Wildman–Crippen LogP) is 3.80. The molecule has 0 aliphatic heterocycles. The number of amides is 1. The molecule has 1 unspecified atom stereocenters. The Bertz CT molecular complexity index is 626.